The van der Waals surface area contributed by atoms with Crippen LogP contribution in [0.2, 0.25) is 5.02 Å². The van der Waals surface area contributed by atoms with Gasteiger partial charge in [0.15, 0.2) is 0 Å². The van der Waals surface area contributed by atoms with Crippen LogP contribution in [0.25, 0.3) is 0 Å². The average Bonchev–Trinajstić information content (AvgIpc) is 2.37. The maximum absolute atomic E-state index is 11.7. The summed E-state index contributed by atoms with van der Waals surface area (Å²) in [6.07, 6.45) is 1.18. The third kappa shape index (κ3) is 5.75. The van der Waals surface area contributed by atoms with Gasteiger partial charge in [0.1, 0.15) is 0 Å². The smallest absolute Gasteiger partial charge is 0.226 e. The molecule has 1 N–H and O–H groups in total. The molecule has 0 aliphatic heterocycles. The fourth-order valence-corrected chi connectivity index (χ4v) is 1.82. The van der Waals surface area contributed by atoms with Crippen LogP contribution >= 0.6 is 11.6 Å². The van der Waals surface area contributed by atoms with E-state index in [1.54, 1.807) is 29.2 Å². The molecule has 0 fully saturated rings. The SMILES string of the molecule is CCCN(CCC(=O)Nc1ccc(Cl)cc1)C(C)=O. The van der Waals surface area contributed by atoms with Gasteiger partial charge in [-0.05, 0) is 30.7 Å². The van der Waals surface area contributed by atoms with Crippen molar-refractivity contribution < 1.29 is 9.59 Å². The van der Waals surface area contributed by atoms with Gasteiger partial charge in [-0.25, -0.2) is 0 Å². The fraction of sp³-hybridized carbons (Fsp3) is 0.429. The molecule has 19 heavy (non-hydrogen) atoms. The molecule has 2 amide bonds. The summed E-state index contributed by atoms with van der Waals surface area (Å²) in [4.78, 5) is 24.8. The minimum absolute atomic E-state index is 0.00106. The first-order valence-electron chi connectivity index (χ1n) is 6.34. The van der Waals surface area contributed by atoms with Crippen LogP contribution in [-0.2, 0) is 9.59 Å². The van der Waals surface area contributed by atoms with Crippen LogP contribution in [0.5, 0.6) is 0 Å². The zero-order chi connectivity index (χ0) is 14.3. The monoisotopic (exact) mass is 282 g/mol. The second kappa shape index (κ2) is 7.79. The van der Waals surface area contributed by atoms with Crippen LogP contribution < -0.4 is 5.32 Å². The van der Waals surface area contributed by atoms with Crippen molar-refractivity contribution in [1.82, 2.24) is 4.90 Å². The Morgan fingerprint density at radius 2 is 1.84 bits per heavy atom. The molecule has 0 atom stereocenters. The molecule has 0 aromatic heterocycles. The standard InChI is InChI=1S/C14H19ClN2O2/c1-3-9-17(11(2)18)10-8-14(19)16-13-6-4-12(15)5-7-13/h4-7H,3,8-10H2,1-2H3,(H,16,19). The number of benzene rings is 1. The summed E-state index contributed by atoms with van der Waals surface area (Å²) in [5, 5.41) is 3.40. The zero-order valence-corrected chi connectivity index (χ0v) is 12.0. The summed E-state index contributed by atoms with van der Waals surface area (Å²) >= 11 is 5.76. The van der Waals surface area contributed by atoms with E-state index in [-0.39, 0.29) is 11.8 Å². The van der Waals surface area contributed by atoms with E-state index in [0.29, 0.717) is 30.2 Å². The second-order valence-corrected chi connectivity index (χ2v) is 4.75. The highest BCUT2D eigenvalue weighted by molar-refractivity contribution is 6.30. The average molecular weight is 283 g/mol. The van der Waals surface area contributed by atoms with Crippen LogP contribution in [0.3, 0.4) is 0 Å². The molecule has 0 heterocycles. The van der Waals surface area contributed by atoms with E-state index < -0.39 is 0 Å². The van der Waals surface area contributed by atoms with Gasteiger partial charge in [-0.1, -0.05) is 18.5 Å². The molecule has 0 spiro atoms. The summed E-state index contributed by atoms with van der Waals surface area (Å²) in [6.45, 7) is 4.66. The van der Waals surface area contributed by atoms with Gasteiger partial charge in [0.25, 0.3) is 0 Å². The largest absolute Gasteiger partial charge is 0.342 e. The van der Waals surface area contributed by atoms with E-state index in [2.05, 4.69) is 5.32 Å². The molecule has 0 aliphatic rings. The molecule has 104 valence electrons. The fourth-order valence-electron chi connectivity index (χ4n) is 1.69. The molecule has 0 aliphatic carbocycles. The van der Waals surface area contributed by atoms with Crippen LogP contribution in [0.1, 0.15) is 26.7 Å². The summed E-state index contributed by atoms with van der Waals surface area (Å²) in [7, 11) is 0. The Labute approximate surface area is 118 Å². The topological polar surface area (TPSA) is 49.4 Å². The number of hydrogen-bond acceptors (Lipinski definition) is 2. The Morgan fingerprint density at radius 1 is 1.21 bits per heavy atom. The number of amides is 2. The molecule has 0 saturated carbocycles. The van der Waals surface area contributed by atoms with E-state index in [0.717, 1.165) is 6.42 Å². The molecular weight excluding hydrogens is 264 g/mol. The van der Waals surface area contributed by atoms with Crippen molar-refractivity contribution in [2.45, 2.75) is 26.7 Å². The van der Waals surface area contributed by atoms with Gasteiger partial charge in [-0.2, -0.15) is 0 Å². The van der Waals surface area contributed by atoms with Gasteiger partial charge in [0.2, 0.25) is 11.8 Å². The van der Waals surface area contributed by atoms with Crippen molar-refractivity contribution in [1.29, 1.82) is 0 Å². The number of nitrogens with one attached hydrogen (secondary N) is 1. The van der Waals surface area contributed by atoms with Gasteiger partial charge >= 0.3 is 0 Å². The number of halogens is 1. The summed E-state index contributed by atoms with van der Waals surface area (Å²) in [5.74, 6) is -0.106. The van der Waals surface area contributed by atoms with Gasteiger partial charge < -0.3 is 10.2 Å². The number of nitrogens with zero attached hydrogens (tertiary/aromatic N) is 1. The summed E-state index contributed by atoms with van der Waals surface area (Å²) in [5.41, 5.74) is 0.708. The third-order valence-electron chi connectivity index (χ3n) is 2.68. The Bertz CT molecular complexity index is 432. The maximum Gasteiger partial charge on any atom is 0.226 e. The molecule has 0 radical (unpaired) electrons. The van der Waals surface area contributed by atoms with Crippen molar-refractivity contribution in [3.8, 4) is 0 Å². The third-order valence-corrected chi connectivity index (χ3v) is 2.93. The van der Waals surface area contributed by atoms with Gasteiger partial charge in [0, 0.05) is 37.1 Å². The molecule has 1 aromatic carbocycles. The van der Waals surface area contributed by atoms with Gasteiger partial charge in [-0.3, -0.25) is 9.59 Å². The second-order valence-electron chi connectivity index (χ2n) is 4.31. The van der Waals surface area contributed by atoms with Crippen LogP contribution in [-0.4, -0.2) is 29.8 Å². The minimum Gasteiger partial charge on any atom is -0.342 e. The number of rotatable bonds is 6. The van der Waals surface area contributed by atoms with E-state index in [1.807, 2.05) is 6.92 Å². The number of carbonyl (C=O) groups excluding carboxylic acids is 2. The van der Waals surface area contributed by atoms with Crippen molar-refractivity contribution in [2.24, 2.45) is 0 Å². The van der Waals surface area contributed by atoms with Gasteiger partial charge in [-0.15, -0.1) is 0 Å². The maximum atomic E-state index is 11.7. The lowest BCUT2D eigenvalue weighted by atomic mass is 10.3. The highest BCUT2D eigenvalue weighted by atomic mass is 35.5. The zero-order valence-electron chi connectivity index (χ0n) is 11.3. The van der Waals surface area contributed by atoms with Crippen molar-refractivity contribution >= 4 is 29.1 Å². The van der Waals surface area contributed by atoms with Crippen molar-refractivity contribution in [3.05, 3.63) is 29.3 Å². The van der Waals surface area contributed by atoms with E-state index in [4.69, 9.17) is 11.6 Å². The van der Waals surface area contributed by atoms with E-state index in [1.165, 1.54) is 6.92 Å². The Kier molecular flexibility index (Phi) is 6.36. The Morgan fingerprint density at radius 3 is 2.37 bits per heavy atom. The Balaban J connectivity index is 2.42. The van der Waals surface area contributed by atoms with Crippen LogP contribution in [0.4, 0.5) is 5.69 Å². The van der Waals surface area contributed by atoms with Crippen molar-refractivity contribution in [3.63, 3.8) is 0 Å². The van der Waals surface area contributed by atoms with Crippen molar-refractivity contribution in [2.75, 3.05) is 18.4 Å². The summed E-state index contributed by atoms with van der Waals surface area (Å²) < 4.78 is 0. The molecule has 5 heteroatoms. The van der Waals surface area contributed by atoms with Crippen LogP contribution in [0, 0.1) is 0 Å². The van der Waals surface area contributed by atoms with E-state index in [9.17, 15) is 9.59 Å². The lowest BCUT2D eigenvalue weighted by molar-refractivity contribution is -0.129. The predicted octanol–water partition coefficient (Wildman–Crippen LogP) is 2.93. The quantitative estimate of drug-likeness (QED) is 0.872. The molecular formula is C14H19ClN2O2. The number of carbonyl (C=O) groups is 2. The molecule has 0 saturated heterocycles. The summed E-state index contributed by atoms with van der Waals surface area (Å²) in [6, 6.07) is 6.93. The molecule has 1 rings (SSSR count). The van der Waals surface area contributed by atoms with Gasteiger partial charge in [0.05, 0.1) is 0 Å². The van der Waals surface area contributed by atoms with Crippen LogP contribution in [0.15, 0.2) is 24.3 Å². The predicted molar refractivity (Wildman–Crippen MR) is 77.2 cm³/mol. The lowest BCUT2D eigenvalue weighted by Gasteiger charge is -2.19. The molecule has 4 nitrogen and oxygen atoms in total. The first-order chi connectivity index (χ1) is 9.02. The number of hydrogen-bond donors (Lipinski definition) is 1. The number of anilines is 1. The normalized spacial score (nSPS) is 10.1. The van der Waals surface area contributed by atoms with E-state index >= 15 is 0 Å². The first-order valence-corrected chi connectivity index (χ1v) is 6.71. The minimum atomic E-state index is -0.107. The molecule has 0 bridgehead atoms. The molecule has 1 aromatic rings. The Hall–Kier alpha value is -1.55. The highest BCUT2D eigenvalue weighted by Gasteiger charge is 2.10. The molecule has 0 unspecified atom stereocenters. The first kappa shape index (κ1) is 15.5. The lowest BCUT2D eigenvalue weighted by Crippen LogP contribution is -2.32. The highest BCUT2D eigenvalue weighted by Crippen LogP contribution is 2.13.